The van der Waals surface area contributed by atoms with Crippen LogP contribution >= 0.6 is 0 Å². The molecule has 1 atom stereocenters. The van der Waals surface area contributed by atoms with Crippen LogP contribution in [0.25, 0.3) is 0 Å². The molecule has 0 aromatic heterocycles. The largest absolute Gasteiger partial charge is 0.314 e. The van der Waals surface area contributed by atoms with Crippen molar-refractivity contribution in [1.29, 1.82) is 0 Å². The third kappa shape index (κ3) is 3.15. The summed E-state index contributed by atoms with van der Waals surface area (Å²) in [6.45, 7) is 7.15. The van der Waals surface area contributed by atoms with Crippen molar-refractivity contribution in [2.45, 2.75) is 30.7 Å². The SMILES string of the molecule is CC(=O)N1CCc2ccc(S(=O)(=O)N3CC[C@H](N4CCNCC4)C3)cc21. The van der Waals surface area contributed by atoms with Crippen molar-refractivity contribution < 1.29 is 13.2 Å². The van der Waals surface area contributed by atoms with Crippen LogP contribution in [0, 0.1) is 0 Å². The number of benzene rings is 1. The first-order valence-electron chi connectivity index (χ1n) is 9.33. The smallest absolute Gasteiger partial charge is 0.243 e. The lowest BCUT2D eigenvalue weighted by Crippen LogP contribution is -2.49. The summed E-state index contributed by atoms with van der Waals surface area (Å²) in [6, 6.07) is 5.53. The number of amides is 1. The number of rotatable bonds is 3. The van der Waals surface area contributed by atoms with Gasteiger partial charge < -0.3 is 10.2 Å². The Bertz CT molecular complexity index is 805. The van der Waals surface area contributed by atoms with Gasteiger partial charge in [-0.3, -0.25) is 9.69 Å². The van der Waals surface area contributed by atoms with Crippen LogP contribution in [0.3, 0.4) is 0 Å². The van der Waals surface area contributed by atoms with Crippen molar-refractivity contribution in [1.82, 2.24) is 14.5 Å². The number of carbonyl (C=O) groups excluding carboxylic acids is 1. The van der Waals surface area contributed by atoms with Crippen LogP contribution < -0.4 is 10.2 Å². The number of piperazine rings is 1. The zero-order valence-electron chi connectivity index (χ0n) is 15.1. The molecule has 3 aliphatic rings. The van der Waals surface area contributed by atoms with E-state index in [1.54, 1.807) is 21.3 Å². The number of anilines is 1. The van der Waals surface area contributed by atoms with Crippen molar-refractivity contribution in [2.24, 2.45) is 0 Å². The maximum absolute atomic E-state index is 13.1. The van der Waals surface area contributed by atoms with E-state index in [1.807, 2.05) is 6.07 Å². The zero-order chi connectivity index (χ0) is 18.3. The highest BCUT2D eigenvalue weighted by atomic mass is 32.2. The zero-order valence-corrected chi connectivity index (χ0v) is 16.0. The predicted octanol–water partition coefficient (Wildman–Crippen LogP) is 0.264. The standard InChI is InChI=1S/C18H26N4O3S/c1-14(23)22-9-4-15-2-3-17(12-18(15)22)26(24,25)21-8-5-16(13-21)20-10-6-19-7-11-20/h2-3,12,16,19H,4-11,13H2,1H3/t16-/m0/s1. The molecular weight excluding hydrogens is 352 g/mol. The van der Waals surface area contributed by atoms with Crippen LogP contribution in [0.5, 0.6) is 0 Å². The van der Waals surface area contributed by atoms with Gasteiger partial charge in [-0.1, -0.05) is 6.07 Å². The molecule has 0 spiro atoms. The molecule has 4 rings (SSSR count). The van der Waals surface area contributed by atoms with Crippen LogP contribution in [-0.2, 0) is 21.2 Å². The van der Waals surface area contributed by atoms with E-state index >= 15 is 0 Å². The number of carbonyl (C=O) groups is 1. The van der Waals surface area contributed by atoms with E-state index < -0.39 is 10.0 Å². The molecule has 0 saturated carbocycles. The van der Waals surface area contributed by atoms with Crippen molar-refractivity contribution in [3.8, 4) is 0 Å². The summed E-state index contributed by atoms with van der Waals surface area (Å²) < 4.78 is 27.9. The van der Waals surface area contributed by atoms with Gasteiger partial charge in [-0.05, 0) is 30.5 Å². The van der Waals surface area contributed by atoms with Crippen LogP contribution in [0.2, 0.25) is 0 Å². The molecule has 8 heteroatoms. The summed E-state index contributed by atoms with van der Waals surface area (Å²) in [7, 11) is -3.53. The van der Waals surface area contributed by atoms with Gasteiger partial charge in [-0.2, -0.15) is 4.31 Å². The molecule has 0 radical (unpaired) electrons. The Labute approximate surface area is 155 Å². The van der Waals surface area contributed by atoms with Crippen LogP contribution in [-0.4, -0.2) is 75.4 Å². The van der Waals surface area contributed by atoms with E-state index in [4.69, 9.17) is 0 Å². The number of nitrogens with zero attached hydrogens (tertiary/aromatic N) is 3. The van der Waals surface area contributed by atoms with Gasteiger partial charge in [0, 0.05) is 64.5 Å². The highest BCUT2D eigenvalue weighted by molar-refractivity contribution is 7.89. The number of hydrogen-bond acceptors (Lipinski definition) is 5. The molecule has 7 nitrogen and oxygen atoms in total. The number of fused-ring (bicyclic) bond motifs is 1. The summed E-state index contributed by atoms with van der Waals surface area (Å²) in [5.41, 5.74) is 1.79. The molecular formula is C18H26N4O3S. The van der Waals surface area contributed by atoms with Crippen LogP contribution in [0.1, 0.15) is 18.9 Å². The van der Waals surface area contributed by atoms with Gasteiger partial charge in [0.05, 0.1) is 4.90 Å². The maximum atomic E-state index is 13.1. The molecule has 3 heterocycles. The fourth-order valence-corrected chi connectivity index (χ4v) is 5.78. The average Bonchev–Trinajstić information content (AvgIpc) is 3.29. The van der Waals surface area contributed by atoms with Crippen molar-refractivity contribution in [3.05, 3.63) is 23.8 Å². The second kappa shape index (κ2) is 6.92. The molecule has 0 unspecified atom stereocenters. The Balaban J connectivity index is 1.54. The highest BCUT2D eigenvalue weighted by Crippen LogP contribution is 2.32. The Hall–Kier alpha value is -1.48. The van der Waals surface area contributed by atoms with Gasteiger partial charge in [0.2, 0.25) is 15.9 Å². The molecule has 1 N–H and O–H groups in total. The fourth-order valence-electron chi connectivity index (χ4n) is 4.27. The monoisotopic (exact) mass is 378 g/mol. The summed E-state index contributed by atoms with van der Waals surface area (Å²) in [4.78, 5) is 16.2. The second-order valence-electron chi connectivity index (χ2n) is 7.30. The number of sulfonamides is 1. The molecule has 0 bridgehead atoms. The first kappa shape index (κ1) is 17.9. The van der Waals surface area contributed by atoms with Gasteiger partial charge in [-0.15, -0.1) is 0 Å². The minimum Gasteiger partial charge on any atom is -0.314 e. The van der Waals surface area contributed by atoms with Gasteiger partial charge in [0.15, 0.2) is 0 Å². The molecule has 26 heavy (non-hydrogen) atoms. The van der Waals surface area contributed by atoms with Crippen LogP contribution in [0.15, 0.2) is 23.1 Å². The van der Waals surface area contributed by atoms with Crippen molar-refractivity contribution in [3.63, 3.8) is 0 Å². The Morgan fingerprint density at radius 3 is 2.65 bits per heavy atom. The van der Waals surface area contributed by atoms with Gasteiger partial charge >= 0.3 is 0 Å². The van der Waals surface area contributed by atoms with Gasteiger partial charge in [-0.25, -0.2) is 8.42 Å². The number of hydrogen-bond donors (Lipinski definition) is 1. The second-order valence-corrected chi connectivity index (χ2v) is 9.24. The molecule has 3 aliphatic heterocycles. The highest BCUT2D eigenvalue weighted by Gasteiger charge is 2.36. The van der Waals surface area contributed by atoms with E-state index in [9.17, 15) is 13.2 Å². The molecule has 0 aliphatic carbocycles. The summed E-state index contributed by atoms with van der Waals surface area (Å²) in [6.07, 6.45) is 1.66. The molecule has 1 aromatic rings. The summed E-state index contributed by atoms with van der Waals surface area (Å²) in [5.74, 6) is -0.0433. The molecule has 142 valence electrons. The summed E-state index contributed by atoms with van der Waals surface area (Å²) >= 11 is 0. The average molecular weight is 378 g/mol. The number of nitrogens with one attached hydrogen (secondary N) is 1. The normalized spacial score (nSPS) is 24.8. The predicted molar refractivity (Wildman–Crippen MR) is 99.8 cm³/mol. The van der Waals surface area contributed by atoms with E-state index in [-0.39, 0.29) is 5.91 Å². The van der Waals surface area contributed by atoms with E-state index in [1.165, 1.54) is 6.92 Å². The third-order valence-corrected chi connectivity index (χ3v) is 7.63. The lowest BCUT2D eigenvalue weighted by atomic mass is 10.2. The Morgan fingerprint density at radius 2 is 1.92 bits per heavy atom. The topological polar surface area (TPSA) is 73.0 Å². The summed E-state index contributed by atoms with van der Waals surface area (Å²) in [5, 5.41) is 3.34. The lowest BCUT2D eigenvalue weighted by molar-refractivity contribution is -0.116. The van der Waals surface area contributed by atoms with Gasteiger partial charge in [0.1, 0.15) is 0 Å². The van der Waals surface area contributed by atoms with E-state index in [0.717, 1.165) is 50.3 Å². The maximum Gasteiger partial charge on any atom is 0.243 e. The quantitative estimate of drug-likeness (QED) is 0.817. The minimum absolute atomic E-state index is 0.0433. The Kier molecular flexibility index (Phi) is 4.77. The first-order valence-corrected chi connectivity index (χ1v) is 10.8. The minimum atomic E-state index is -3.53. The molecule has 1 aromatic carbocycles. The first-order chi connectivity index (χ1) is 12.5. The third-order valence-electron chi connectivity index (χ3n) is 5.76. The molecule has 1 amide bonds. The molecule has 2 fully saturated rings. The van der Waals surface area contributed by atoms with Crippen molar-refractivity contribution in [2.75, 3.05) is 50.7 Å². The lowest BCUT2D eigenvalue weighted by Gasteiger charge is -2.32. The fraction of sp³-hybridized carbons (Fsp3) is 0.611. The van der Waals surface area contributed by atoms with Gasteiger partial charge in [0.25, 0.3) is 0 Å². The van der Waals surface area contributed by atoms with Crippen LogP contribution in [0.4, 0.5) is 5.69 Å². The van der Waals surface area contributed by atoms with E-state index in [2.05, 4.69) is 10.2 Å². The van der Waals surface area contributed by atoms with E-state index in [0.29, 0.717) is 30.6 Å². The van der Waals surface area contributed by atoms with Crippen molar-refractivity contribution >= 4 is 21.6 Å². The molecule has 2 saturated heterocycles. The Morgan fingerprint density at radius 1 is 1.15 bits per heavy atom.